The summed E-state index contributed by atoms with van der Waals surface area (Å²) in [5.74, 6) is -0.272. The Morgan fingerprint density at radius 1 is 1.47 bits per heavy atom. The van der Waals surface area contributed by atoms with E-state index >= 15 is 0 Å². The summed E-state index contributed by atoms with van der Waals surface area (Å²) in [6, 6.07) is 6.56. The van der Waals surface area contributed by atoms with Crippen molar-refractivity contribution < 1.29 is 14.3 Å². The molecule has 0 aromatic heterocycles. The van der Waals surface area contributed by atoms with Crippen molar-refractivity contribution in [2.45, 2.75) is 42.9 Å². The topological polar surface area (TPSA) is 37.3 Å². The van der Waals surface area contributed by atoms with Crippen molar-refractivity contribution in [3.63, 3.8) is 0 Å². The van der Waals surface area contributed by atoms with Crippen LogP contribution in [0.15, 0.2) is 29.2 Å². The maximum absolute atomic E-state index is 13.4. The standard InChI is InChI=1S/C13H17FO2S/c1-9(15)7-11(16)8-10(2)17-13-6-4-3-5-12(13)14/h3-6,10-11,16H,7-8H2,1-2H3. The Balaban J connectivity index is 2.47. The van der Waals surface area contributed by atoms with Gasteiger partial charge in [-0.15, -0.1) is 11.8 Å². The normalized spacial score (nSPS) is 14.4. The second-order valence-corrected chi connectivity index (χ2v) is 5.63. The van der Waals surface area contributed by atoms with Crippen LogP contribution in [0.5, 0.6) is 0 Å². The van der Waals surface area contributed by atoms with Gasteiger partial charge in [0.05, 0.1) is 6.10 Å². The molecule has 0 bridgehead atoms. The van der Waals surface area contributed by atoms with Crippen LogP contribution in [0.2, 0.25) is 0 Å². The highest BCUT2D eigenvalue weighted by atomic mass is 32.2. The lowest BCUT2D eigenvalue weighted by molar-refractivity contribution is -0.118. The largest absolute Gasteiger partial charge is 0.393 e. The van der Waals surface area contributed by atoms with Crippen LogP contribution in [0.4, 0.5) is 4.39 Å². The molecule has 0 saturated carbocycles. The molecule has 1 aromatic rings. The van der Waals surface area contributed by atoms with Crippen LogP contribution in [-0.4, -0.2) is 22.2 Å². The minimum absolute atomic E-state index is 0.0272. The van der Waals surface area contributed by atoms with E-state index in [0.29, 0.717) is 11.3 Å². The van der Waals surface area contributed by atoms with Crippen LogP contribution in [0.1, 0.15) is 26.7 Å². The minimum atomic E-state index is -0.637. The zero-order chi connectivity index (χ0) is 12.8. The summed E-state index contributed by atoms with van der Waals surface area (Å²) in [6.07, 6.45) is 0.0163. The summed E-state index contributed by atoms with van der Waals surface area (Å²) in [6.45, 7) is 3.37. The molecular weight excluding hydrogens is 239 g/mol. The monoisotopic (exact) mass is 256 g/mol. The fourth-order valence-corrected chi connectivity index (χ4v) is 2.69. The van der Waals surface area contributed by atoms with Gasteiger partial charge in [-0.1, -0.05) is 19.1 Å². The fourth-order valence-electron chi connectivity index (χ4n) is 1.60. The van der Waals surface area contributed by atoms with E-state index in [0.717, 1.165) is 0 Å². The molecule has 2 atom stereocenters. The molecule has 0 aliphatic rings. The first kappa shape index (κ1) is 14.2. The predicted molar refractivity (Wildman–Crippen MR) is 67.6 cm³/mol. The van der Waals surface area contributed by atoms with Gasteiger partial charge in [0, 0.05) is 16.6 Å². The molecule has 0 heterocycles. The second kappa shape index (κ2) is 6.77. The molecule has 1 rings (SSSR count). The van der Waals surface area contributed by atoms with E-state index < -0.39 is 6.10 Å². The smallest absolute Gasteiger partial charge is 0.136 e. The van der Waals surface area contributed by atoms with E-state index in [2.05, 4.69) is 0 Å². The number of Topliss-reactive ketones (excluding diaryl/α,β-unsaturated/α-hetero) is 1. The van der Waals surface area contributed by atoms with Crippen LogP contribution >= 0.6 is 11.8 Å². The molecule has 17 heavy (non-hydrogen) atoms. The molecule has 0 aliphatic heterocycles. The highest BCUT2D eigenvalue weighted by molar-refractivity contribution is 8.00. The SMILES string of the molecule is CC(=O)CC(O)CC(C)Sc1ccccc1F. The molecule has 0 aliphatic carbocycles. The van der Waals surface area contributed by atoms with E-state index in [4.69, 9.17) is 0 Å². The number of rotatable bonds is 6. The van der Waals surface area contributed by atoms with Gasteiger partial charge < -0.3 is 5.11 Å². The van der Waals surface area contributed by atoms with Crippen molar-refractivity contribution in [2.75, 3.05) is 0 Å². The number of aliphatic hydroxyl groups excluding tert-OH is 1. The summed E-state index contributed by atoms with van der Waals surface area (Å²) in [7, 11) is 0. The van der Waals surface area contributed by atoms with Crippen LogP contribution in [-0.2, 0) is 4.79 Å². The van der Waals surface area contributed by atoms with Crippen molar-refractivity contribution in [1.29, 1.82) is 0 Å². The number of hydrogen-bond donors (Lipinski definition) is 1. The first-order chi connectivity index (χ1) is 7.99. The van der Waals surface area contributed by atoms with Crippen molar-refractivity contribution in [3.05, 3.63) is 30.1 Å². The number of halogens is 1. The average molecular weight is 256 g/mol. The molecule has 4 heteroatoms. The van der Waals surface area contributed by atoms with E-state index in [-0.39, 0.29) is 23.3 Å². The number of carbonyl (C=O) groups excluding carboxylic acids is 1. The molecule has 0 saturated heterocycles. The molecule has 2 unspecified atom stereocenters. The highest BCUT2D eigenvalue weighted by Crippen LogP contribution is 2.28. The Morgan fingerprint density at radius 3 is 2.71 bits per heavy atom. The van der Waals surface area contributed by atoms with Crippen molar-refractivity contribution in [1.82, 2.24) is 0 Å². The summed E-state index contributed by atoms with van der Waals surface area (Å²) in [5, 5.41) is 9.68. The van der Waals surface area contributed by atoms with Crippen LogP contribution in [0.3, 0.4) is 0 Å². The van der Waals surface area contributed by atoms with Gasteiger partial charge in [-0.2, -0.15) is 0 Å². The van der Waals surface area contributed by atoms with Gasteiger partial charge in [0.1, 0.15) is 11.6 Å². The molecule has 0 spiro atoms. The molecule has 1 N–H and O–H groups in total. The second-order valence-electron chi connectivity index (χ2n) is 4.15. The summed E-state index contributed by atoms with van der Waals surface area (Å²) < 4.78 is 13.4. The van der Waals surface area contributed by atoms with E-state index in [1.54, 1.807) is 18.2 Å². The maximum atomic E-state index is 13.4. The van der Waals surface area contributed by atoms with Crippen molar-refractivity contribution >= 4 is 17.5 Å². The molecule has 2 nitrogen and oxygen atoms in total. The van der Waals surface area contributed by atoms with Gasteiger partial charge >= 0.3 is 0 Å². The van der Waals surface area contributed by atoms with Gasteiger partial charge in [-0.25, -0.2) is 4.39 Å². The van der Waals surface area contributed by atoms with Gasteiger partial charge in [-0.3, -0.25) is 4.79 Å². The van der Waals surface area contributed by atoms with Gasteiger partial charge in [0.2, 0.25) is 0 Å². The third-order valence-electron chi connectivity index (χ3n) is 2.29. The lowest BCUT2D eigenvalue weighted by Crippen LogP contribution is -2.16. The number of hydrogen-bond acceptors (Lipinski definition) is 3. The molecule has 0 amide bonds. The minimum Gasteiger partial charge on any atom is -0.393 e. The summed E-state index contributed by atoms with van der Waals surface area (Å²) in [5.41, 5.74) is 0. The van der Waals surface area contributed by atoms with Gasteiger partial charge in [-0.05, 0) is 25.5 Å². The van der Waals surface area contributed by atoms with Gasteiger partial charge in [0.25, 0.3) is 0 Å². The lowest BCUT2D eigenvalue weighted by Gasteiger charge is -2.15. The molecule has 0 fully saturated rings. The quantitative estimate of drug-likeness (QED) is 0.795. The first-order valence-corrected chi connectivity index (χ1v) is 6.45. The van der Waals surface area contributed by atoms with Gasteiger partial charge in [0.15, 0.2) is 0 Å². The van der Waals surface area contributed by atoms with Crippen LogP contribution < -0.4 is 0 Å². The maximum Gasteiger partial charge on any atom is 0.136 e. The van der Waals surface area contributed by atoms with Crippen LogP contribution in [0.25, 0.3) is 0 Å². The third kappa shape index (κ3) is 5.33. The molecule has 1 aromatic carbocycles. The van der Waals surface area contributed by atoms with E-state index in [1.165, 1.54) is 24.8 Å². The number of benzene rings is 1. The lowest BCUT2D eigenvalue weighted by atomic mass is 10.1. The van der Waals surface area contributed by atoms with Crippen molar-refractivity contribution in [2.24, 2.45) is 0 Å². The van der Waals surface area contributed by atoms with Crippen LogP contribution in [0, 0.1) is 5.82 Å². The highest BCUT2D eigenvalue weighted by Gasteiger charge is 2.14. The Morgan fingerprint density at radius 2 is 2.12 bits per heavy atom. The first-order valence-electron chi connectivity index (χ1n) is 5.57. The number of ketones is 1. The number of carbonyl (C=O) groups is 1. The summed E-state index contributed by atoms with van der Waals surface area (Å²) >= 11 is 1.38. The average Bonchev–Trinajstić information content (AvgIpc) is 2.19. The fraction of sp³-hybridized carbons (Fsp3) is 0.462. The Labute approximate surface area is 105 Å². The molecular formula is C13H17FO2S. The number of aliphatic hydroxyl groups is 1. The summed E-state index contributed by atoms with van der Waals surface area (Å²) in [4.78, 5) is 11.4. The Hall–Kier alpha value is -0.870. The zero-order valence-corrected chi connectivity index (χ0v) is 10.8. The Kier molecular flexibility index (Phi) is 5.65. The van der Waals surface area contributed by atoms with Crippen molar-refractivity contribution in [3.8, 4) is 0 Å². The third-order valence-corrected chi connectivity index (χ3v) is 3.47. The molecule has 0 radical (unpaired) electrons. The van der Waals surface area contributed by atoms with E-state index in [9.17, 15) is 14.3 Å². The number of thioether (sulfide) groups is 1. The predicted octanol–water partition coefficient (Wildman–Crippen LogP) is 3.04. The zero-order valence-electron chi connectivity index (χ0n) is 10.0. The molecule has 94 valence electrons. The van der Waals surface area contributed by atoms with E-state index in [1.807, 2.05) is 6.92 Å². The Bertz CT molecular complexity index is 381.